The standard InChI is InChI=1S/C21H15ClN6O5/c1-12-9-10-23-21-25-18(26-27(12)21)20(30)33-17(13-5-3-2-4-6-13)19(29)24-16-8-7-14(28(31)32)11-15(16)22/h2-11,17H,1H3,(H,24,29). The number of ether oxygens (including phenoxy) is 1. The van der Waals surface area contributed by atoms with Crippen molar-refractivity contribution in [1.82, 2.24) is 19.6 Å². The van der Waals surface area contributed by atoms with Gasteiger partial charge in [0.25, 0.3) is 23.2 Å². The van der Waals surface area contributed by atoms with E-state index >= 15 is 0 Å². The fourth-order valence-electron chi connectivity index (χ4n) is 2.97. The predicted octanol–water partition coefficient (Wildman–Crippen LogP) is 3.53. The van der Waals surface area contributed by atoms with Crippen LogP contribution in [0.3, 0.4) is 0 Å². The van der Waals surface area contributed by atoms with Gasteiger partial charge in [-0.15, -0.1) is 5.10 Å². The number of benzene rings is 2. The first-order chi connectivity index (χ1) is 15.8. The Labute approximate surface area is 191 Å². The Bertz CT molecular complexity index is 1370. The summed E-state index contributed by atoms with van der Waals surface area (Å²) in [5.41, 5.74) is 0.983. The third kappa shape index (κ3) is 4.62. The molecule has 12 heteroatoms. The number of non-ortho nitro benzene ring substituents is 1. The maximum atomic E-state index is 13.0. The molecule has 0 saturated heterocycles. The first kappa shape index (κ1) is 21.8. The topological polar surface area (TPSA) is 142 Å². The van der Waals surface area contributed by atoms with Crippen LogP contribution >= 0.6 is 11.6 Å². The molecular formula is C21H15ClN6O5. The van der Waals surface area contributed by atoms with E-state index < -0.39 is 22.9 Å². The molecule has 4 aromatic rings. The molecule has 0 aliphatic rings. The number of nitrogens with one attached hydrogen (secondary N) is 1. The number of anilines is 1. The Morgan fingerprint density at radius 2 is 1.94 bits per heavy atom. The van der Waals surface area contributed by atoms with Crippen LogP contribution in [0.25, 0.3) is 5.78 Å². The number of esters is 1. The number of hydrogen-bond donors (Lipinski definition) is 1. The van der Waals surface area contributed by atoms with Crippen LogP contribution in [-0.4, -0.2) is 36.4 Å². The van der Waals surface area contributed by atoms with Crippen LogP contribution in [0.15, 0.2) is 60.8 Å². The van der Waals surface area contributed by atoms with E-state index in [2.05, 4.69) is 20.4 Å². The number of fused-ring (bicyclic) bond motifs is 1. The Hall–Kier alpha value is -4.38. The molecule has 0 aliphatic carbocycles. The SMILES string of the molecule is Cc1ccnc2nc(C(=O)OC(C(=O)Nc3ccc([N+](=O)[O-])cc3Cl)c3ccccc3)nn12. The number of nitro groups is 1. The molecular weight excluding hydrogens is 452 g/mol. The van der Waals surface area contributed by atoms with E-state index in [0.717, 1.165) is 6.07 Å². The molecule has 0 aliphatic heterocycles. The Morgan fingerprint density at radius 1 is 1.18 bits per heavy atom. The van der Waals surface area contributed by atoms with Crippen molar-refractivity contribution in [1.29, 1.82) is 0 Å². The summed E-state index contributed by atoms with van der Waals surface area (Å²) in [6.45, 7) is 1.77. The number of halogens is 1. The fraction of sp³-hybridized carbons (Fsp3) is 0.0952. The van der Waals surface area contributed by atoms with Gasteiger partial charge in [-0.1, -0.05) is 41.9 Å². The minimum atomic E-state index is -1.37. The highest BCUT2D eigenvalue weighted by Gasteiger charge is 2.28. The zero-order chi connectivity index (χ0) is 23.5. The number of rotatable bonds is 6. The van der Waals surface area contributed by atoms with Gasteiger partial charge < -0.3 is 10.1 Å². The van der Waals surface area contributed by atoms with Crippen molar-refractivity contribution in [2.75, 3.05) is 5.32 Å². The van der Waals surface area contributed by atoms with Gasteiger partial charge in [-0.25, -0.2) is 14.3 Å². The molecule has 1 N–H and O–H groups in total. The van der Waals surface area contributed by atoms with Crippen molar-refractivity contribution in [3.63, 3.8) is 0 Å². The Morgan fingerprint density at radius 3 is 2.61 bits per heavy atom. The molecule has 1 unspecified atom stereocenters. The molecule has 1 atom stereocenters. The highest BCUT2D eigenvalue weighted by molar-refractivity contribution is 6.34. The van der Waals surface area contributed by atoms with Crippen LogP contribution < -0.4 is 5.32 Å². The monoisotopic (exact) mass is 466 g/mol. The average Bonchev–Trinajstić information content (AvgIpc) is 3.25. The highest BCUT2D eigenvalue weighted by Crippen LogP contribution is 2.28. The van der Waals surface area contributed by atoms with E-state index in [0.29, 0.717) is 11.3 Å². The van der Waals surface area contributed by atoms with E-state index in [9.17, 15) is 19.7 Å². The van der Waals surface area contributed by atoms with Gasteiger partial charge in [0.2, 0.25) is 6.10 Å². The van der Waals surface area contributed by atoms with Gasteiger partial charge in [0.1, 0.15) is 0 Å². The van der Waals surface area contributed by atoms with Gasteiger partial charge in [-0.3, -0.25) is 14.9 Å². The molecule has 11 nitrogen and oxygen atoms in total. The van der Waals surface area contributed by atoms with Crippen LogP contribution in [0.5, 0.6) is 0 Å². The molecule has 0 saturated carbocycles. The molecule has 1 amide bonds. The second-order valence-electron chi connectivity index (χ2n) is 6.84. The van der Waals surface area contributed by atoms with Gasteiger partial charge >= 0.3 is 5.97 Å². The number of nitro benzene ring substituents is 1. The summed E-state index contributed by atoms with van der Waals surface area (Å²) in [7, 11) is 0. The predicted molar refractivity (Wildman–Crippen MR) is 117 cm³/mol. The van der Waals surface area contributed by atoms with Crippen molar-refractivity contribution in [2.24, 2.45) is 0 Å². The number of amides is 1. The van der Waals surface area contributed by atoms with Crippen LogP contribution in [0.1, 0.15) is 28.0 Å². The number of aromatic nitrogens is 4. The van der Waals surface area contributed by atoms with Crippen molar-refractivity contribution in [3.05, 3.63) is 93.0 Å². The van der Waals surface area contributed by atoms with Crippen LogP contribution in [0.4, 0.5) is 11.4 Å². The van der Waals surface area contributed by atoms with Crippen molar-refractivity contribution in [2.45, 2.75) is 13.0 Å². The third-order valence-corrected chi connectivity index (χ3v) is 4.91. The Kier molecular flexibility index (Phi) is 5.96. The molecule has 0 spiro atoms. The maximum absolute atomic E-state index is 13.0. The zero-order valence-corrected chi connectivity index (χ0v) is 17.8. The Balaban J connectivity index is 1.61. The van der Waals surface area contributed by atoms with Gasteiger partial charge in [0, 0.05) is 29.6 Å². The summed E-state index contributed by atoms with van der Waals surface area (Å²) in [5.74, 6) is -1.71. The molecule has 4 rings (SSSR count). The largest absolute Gasteiger partial charge is 0.441 e. The zero-order valence-electron chi connectivity index (χ0n) is 17.0. The first-order valence-corrected chi connectivity index (χ1v) is 9.90. The normalized spacial score (nSPS) is 11.7. The summed E-state index contributed by atoms with van der Waals surface area (Å²) in [6, 6.07) is 13.6. The van der Waals surface area contributed by atoms with Crippen LogP contribution in [0.2, 0.25) is 5.02 Å². The number of nitrogens with zero attached hydrogens (tertiary/aromatic N) is 5. The summed E-state index contributed by atoms with van der Waals surface area (Å²) in [6.07, 6.45) is 0.161. The van der Waals surface area contributed by atoms with Gasteiger partial charge in [-0.2, -0.15) is 4.98 Å². The molecule has 0 bridgehead atoms. The lowest BCUT2D eigenvalue weighted by Crippen LogP contribution is -2.26. The molecule has 2 aromatic carbocycles. The molecule has 33 heavy (non-hydrogen) atoms. The lowest BCUT2D eigenvalue weighted by atomic mass is 10.1. The van der Waals surface area contributed by atoms with Crippen molar-refractivity contribution in [3.8, 4) is 0 Å². The summed E-state index contributed by atoms with van der Waals surface area (Å²) in [5, 5.41) is 17.5. The number of hydrogen-bond acceptors (Lipinski definition) is 8. The molecule has 166 valence electrons. The van der Waals surface area contributed by atoms with E-state index in [1.165, 1.54) is 22.8 Å². The molecule has 0 fully saturated rings. The quantitative estimate of drug-likeness (QED) is 0.258. The fourth-order valence-corrected chi connectivity index (χ4v) is 3.19. The second-order valence-corrected chi connectivity index (χ2v) is 7.25. The second kappa shape index (κ2) is 9.01. The highest BCUT2D eigenvalue weighted by atomic mass is 35.5. The lowest BCUT2D eigenvalue weighted by molar-refractivity contribution is -0.384. The third-order valence-electron chi connectivity index (χ3n) is 4.60. The van der Waals surface area contributed by atoms with Gasteiger partial charge in [0.05, 0.1) is 15.6 Å². The van der Waals surface area contributed by atoms with Crippen molar-refractivity contribution >= 4 is 40.6 Å². The van der Waals surface area contributed by atoms with E-state index in [4.69, 9.17) is 16.3 Å². The number of aryl methyl sites for hydroxylation is 1. The first-order valence-electron chi connectivity index (χ1n) is 9.52. The minimum absolute atomic E-state index is 0.0424. The lowest BCUT2D eigenvalue weighted by Gasteiger charge is -2.17. The van der Waals surface area contributed by atoms with E-state index in [1.807, 2.05) is 0 Å². The minimum Gasteiger partial charge on any atom is -0.441 e. The number of carbonyl (C=O) groups is 2. The van der Waals surface area contributed by atoms with Gasteiger partial charge in [0.15, 0.2) is 0 Å². The average molecular weight is 467 g/mol. The smallest absolute Gasteiger partial charge is 0.379 e. The summed E-state index contributed by atoms with van der Waals surface area (Å²) in [4.78, 5) is 44.2. The maximum Gasteiger partial charge on any atom is 0.379 e. The molecule has 2 aromatic heterocycles. The number of carbonyl (C=O) groups excluding carboxylic acids is 2. The van der Waals surface area contributed by atoms with Gasteiger partial charge in [-0.05, 0) is 19.1 Å². The van der Waals surface area contributed by atoms with E-state index in [1.54, 1.807) is 43.3 Å². The molecule has 2 heterocycles. The summed E-state index contributed by atoms with van der Waals surface area (Å²) >= 11 is 6.07. The van der Waals surface area contributed by atoms with Crippen molar-refractivity contribution < 1.29 is 19.2 Å². The molecule has 0 radical (unpaired) electrons. The van der Waals surface area contributed by atoms with Crippen LogP contribution in [-0.2, 0) is 9.53 Å². The van der Waals surface area contributed by atoms with Crippen LogP contribution in [0, 0.1) is 17.0 Å². The van der Waals surface area contributed by atoms with E-state index in [-0.39, 0.29) is 28.0 Å². The summed E-state index contributed by atoms with van der Waals surface area (Å²) < 4.78 is 6.84.